The molecule has 12 heteroatoms. The van der Waals surface area contributed by atoms with Crippen LogP contribution < -0.4 is 16.4 Å². The predicted octanol–water partition coefficient (Wildman–Crippen LogP) is 5.02. The summed E-state index contributed by atoms with van der Waals surface area (Å²) >= 11 is 0. The molecule has 47 heavy (non-hydrogen) atoms. The predicted molar refractivity (Wildman–Crippen MR) is 180 cm³/mol. The Morgan fingerprint density at radius 3 is 2.53 bits per heavy atom. The van der Waals surface area contributed by atoms with E-state index in [1.807, 2.05) is 30.9 Å². The SMILES string of the molecule is CCCN(CCC)C(=O)C1=Cc2ccc(C(=O)Nc3cnc4c(c3)CN(C(=O)OCc3ccc(NC=O)cc3)CC4)cc2N=C(N)C1. The summed E-state index contributed by atoms with van der Waals surface area (Å²) in [5.41, 5.74) is 12.0. The molecule has 4 N–H and O–H groups in total. The second kappa shape index (κ2) is 15.2. The Balaban J connectivity index is 1.24. The van der Waals surface area contributed by atoms with Gasteiger partial charge in [-0.1, -0.05) is 32.0 Å². The number of aromatic nitrogens is 1. The molecule has 3 heterocycles. The average molecular weight is 638 g/mol. The normalized spacial score (nSPS) is 13.6. The van der Waals surface area contributed by atoms with Crippen molar-refractivity contribution in [1.29, 1.82) is 0 Å². The standard InChI is InChI=1S/C35H39N7O5/c1-3-12-41(13-4-2)34(45)26-15-24-7-8-25(17-31(24)40-32(36)18-26)33(44)39-29-16-27-20-42(14-11-30(27)37-19-29)35(46)47-21-23-5-9-28(10-6-23)38-22-43/h5-10,15-17,19,22H,3-4,11-14,18,20-21H2,1-2H3,(H2,36,40)(H,38,43)(H,39,44). The minimum Gasteiger partial charge on any atom is -0.445 e. The highest BCUT2D eigenvalue weighted by Gasteiger charge is 2.24. The number of nitrogens with zero attached hydrogens (tertiary/aromatic N) is 4. The number of anilines is 2. The Labute approximate surface area is 273 Å². The highest BCUT2D eigenvalue weighted by atomic mass is 16.6. The van der Waals surface area contributed by atoms with Crippen molar-refractivity contribution in [1.82, 2.24) is 14.8 Å². The maximum absolute atomic E-state index is 13.3. The van der Waals surface area contributed by atoms with Crippen molar-refractivity contribution in [3.05, 3.63) is 88.2 Å². The molecule has 0 unspecified atom stereocenters. The Hall–Kier alpha value is -5.52. The van der Waals surface area contributed by atoms with Crippen molar-refractivity contribution < 1.29 is 23.9 Å². The van der Waals surface area contributed by atoms with E-state index < -0.39 is 6.09 Å². The third kappa shape index (κ3) is 8.20. The number of carbonyl (C=O) groups is 4. The van der Waals surface area contributed by atoms with Crippen LogP contribution in [-0.2, 0) is 33.9 Å². The average Bonchev–Trinajstić information content (AvgIpc) is 3.24. The summed E-state index contributed by atoms with van der Waals surface area (Å²) < 4.78 is 5.51. The third-order valence-corrected chi connectivity index (χ3v) is 7.90. The summed E-state index contributed by atoms with van der Waals surface area (Å²) in [5.74, 6) is -0.0975. The molecule has 2 aliphatic rings. The van der Waals surface area contributed by atoms with Crippen LogP contribution in [-0.4, -0.2) is 64.6 Å². The summed E-state index contributed by atoms with van der Waals surface area (Å²) in [6.45, 7) is 6.28. The number of ether oxygens (including phenoxy) is 1. The van der Waals surface area contributed by atoms with Gasteiger partial charge in [0, 0.05) is 60.6 Å². The van der Waals surface area contributed by atoms with Crippen molar-refractivity contribution in [2.75, 3.05) is 30.3 Å². The van der Waals surface area contributed by atoms with Crippen LogP contribution in [0.4, 0.5) is 21.9 Å². The first kappa shape index (κ1) is 32.9. The minimum absolute atomic E-state index is 0.0484. The molecular formula is C35H39N7O5. The van der Waals surface area contributed by atoms with E-state index in [-0.39, 0.29) is 24.8 Å². The van der Waals surface area contributed by atoms with E-state index in [9.17, 15) is 19.2 Å². The Bertz CT molecular complexity index is 1710. The van der Waals surface area contributed by atoms with Crippen LogP contribution in [0.2, 0.25) is 0 Å². The number of carbonyl (C=O) groups excluding carboxylic acids is 4. The van der Waals surface area contributed by atoms with Gasteiger partial charge in [0.05, 0.1) is 24.1 Å². The smallest absolute Gasteiger partial charge is 0.410 e. The lowest BCUT2D eigenvalue weighted by molar-refractivity contribution is -0.127. The summed E-state index contributed by atoms with van der Waals surface area (Å²) in [6.07, 6.45) is 6.08. The fourth-order valence-electron chi connectivity index (χ4n) is 5.58. The molecule has 0 saturated heterocycles. The van der Waals surface area contributed by atoms with Crippen molar-refractivity contribution in [3.63, 3.8) is 0 Å². The lowest BCUT2D eigenvalue weighted by atomic mass is 10.0. The zero-order valence-electron chi connectivity index (χ0n) is 26.6. The molecule has 244 valence electrons. The number of benzene rings is 2. The van der Waals surface area contributed by atoms with E-state index in [0.29, 0.717) is 78.6 Å². The number of nitrogens with one attached hydrogen (secondary N) is 2. The van der Waals surface area contributed by atoms with E-state index >= 15 is 0 Å². The zero-order valence-corrected chi connectivity index (χ0v) is 26.6. The number of hydrogen-bond acceptors (Lipinski definition) is 8. The van der Waals surface area contributed by atoms with Crippen molar-refractivity contribution in [2.45, 2.75) is 52.7 Å². The molecule has 3 aromatic rings. The molecule has 0 aliphatic carbocycles. The lowest BCUT2D eigenvalue weighted by Gasteiger charge is -2.28. The van der Waals surface area contributed by atoms with E-state index in [4.69, 9.17) is 10.5 Å². The summed E-state index contributed by atoms with van der Waals surface area (Å²) in [4.78, 5) is 62.5. The van der Waals surface area contributed by atoms with Gasteiger partial charge in [-0.25, -0.2) is 9.79 Å². The van der Waals surface area contributed by atoms with E-state index in [2.05, 4.69) is 20.6 Å². The molecule has 1 aromatic heterocycles. The Morgan fingerprint density at radius 1 is 1.04 bits per heavy atom. The van der Waals surface area contributed by atoms with Gasteiger partial charge in [0.2, 0.25) is 12.3 Å². The Morgan fingerprint density at radius 2 is 1.81 bits per heavy atom. The van der Waals surface area contributed by atoms with E-state index in [1.54, 1.807) is 53.6 Å². The van der Waals surface area contributed by atoms with Gasteiger partial charge in [0.15, 0.2) is 0 Å². The monoisotopic (exact) mass is 637 g/mol. The van der Waals surface area contributed by atoms with E-state index in [0.717, 1.165) is 29.7 Å². The second-order valence-electron chi connectivity index (χ2n) is 11.5. The number of pyridine rings is 1. The fourth-order valence-corrected chi connectivity index (χ4v) is 5.58. The third-order valence-electron chi connectivity index (χ3n) is 7.90. The first-order valence-electron chi connectivity index (χ1n) is 15.7. The van der Waals surface area contributed by atoms with Gasteiger partial charge in [0.25, 0.3) is 5.91 Å². The van der Waals surface area contributed by atoms with Crippen LogP contribution in [0.5, 0.6) is 0 Å². The molecule has 5 rings (SSSR count). The Kier molecular flexibility index (Phi) is 10.6. The van der Waals surface area contributed by atoms with E-state index in [1.165, 1.54) is 0 Å². The molecule has 4 amide bonds. The second-order valence-corrected chi connectivity index (χ2v) is 11.5. The number of amides is 4. The molecule has 2 aromatic carbocycles. The molecule has 0 radical (unpaired) electrons. The quantitative estimate of drug-likeness (QED) is 0.249. The van der Waals surface area contributed by atoms with Crippen LogP contribution in [0.3, 0.4) is 0 Å². The molecule has 0 saturated carbocycles. The molecular weight excluding hydrogens is 598 g/mol. The largest absolute Gasteiger partial charge is 0.445 e. The van der Waals surface area contributed by atoms with Crippen molar-refractivity contribution in [2.24, 2.45) is 10.7 Å². The maximum atomic E-state index is 13.3. The van der Waals surface area contributed by atoms with Gasteiger partial charge in [-0.3, -0.25) is 19.4 Å². The van der Waals surface area contributed by atoms with Crippen molar-refractivity contribution in [3.8, 4) is 0 Å². The van der Waals surface area contributed by atoms with Crippen molar-refractivity contribution >= 4 is 53.3 Å². The number of fused-ring (bicyclic) bond motifs is 2. The van der Waals surface area contributed by atoms with Gasteiger partial charge in [-0.05, 0) is 60.4 Å². The number of amidine groups is 1. The van der Waals surface area contributed by atoms with Gasteiger partial charge in [-0.2, -0.15) is 0 Å². The number of aliphatic imine (C=N–C) groups is 1. The number of rotatable bonds is 11. The molecule has 0 spiro atoms. The molecule has 0 atom stereocenters. The molecule has 0 fully saturated rings. The lowest BCUT2D eigenvalue weighted by Crippen LogP contribution is -2.36. The molecule has 12 nitrogen and oxygen atoms in total. The van der Waals surface area contributed by atoms with Gasteiger partial charge in [-0.15, -0.1) is 0 Å². The number of hydrogen-bond donors (Lipinski definition) is 3. The molecule has 2 aliphatic heterocycles. The minimum atomic E-state index is -0.452. The first-order chi connectivity index (χ1) is 22.8. The van der Waals surface area contributed by atoms with Crippen LogP contribution in [0, 0.1) is 0 Å². The first-order valence-corrected chi connectivity index (χ1v) is 15.7. The van der Waals surface area contributed by atoms with Crippen LogP contribution >= 0.6 is 0 Å². The summed E-state index contributed by atoms with van der Waals surface area (Å²) in [6, 6.07) is 14.0. The summed E-state index contributed by atoms with van der Waals surface area (Å²) in [5, 5.41) is 5.46. The van der Waals surface area contributed by atoms with Gasteiger partial charge >= 0.3 is 6.09 Å². The van der Waals surface area contributed by atoms with Crippen LogP contribution in [0.25, 0.3) is 6.08 Å². The maximum Gasteiger partial charge on any atom is 0.410 e. The highest BCUT2D eigenvalue weighted by molar-refractivity contribution is 6.08. The highest BCUT2D eigenvalue weighted by Crippen LogP contribution is 2.29. The fraction of sp³-hybridized carbons (Fsp3) is 0.314. The van der Waals surface area contributed by atoms with Crippen LogP contribution in [0.15, 0.2) is 65.3 Å². The van der Waals surface area contributed by atoms with Crippen LogP contribution in [0.1, 0.15) is 65.9 Å². The van der Waals surface area contributed by atoms with Gasteiger partial charge < -0.3 is 30.9 Å². The van der Waals surface area contributed by atoms with Gasteiger partial charge in [0.1, 0.15) is 12.4 Å². The molecule has 0 bridgehead atoms. The number of nitrogens with two attached hydrogens (primary N) is 1. The summed E-state index contributed by atoms with van der Waals surface area (Å²) in [7, 11) is 0. The topological polar surface area (TPSA) is 159 Å². The zero-order chi connectivity index (χ0) is 33.3.